The molecule has 0 radical (unpaired) electrons. The summed E-state index contributed by atoms with van der Waals surface area (Å²) in [6.07, 6.45) is 2.23. The van der Waals surface area contributed by atoms with Gasteiger partial charge in [0.15, 0.2) is 0 Å². The van der Waals surface area contributed by atoms with Crippen LogP contribution >= 0.6 is 0 Å². The molecule has 0 unspecified atom stereocenters. The minimum absolute atomic E-state index is 0.173. The van der Waals surface area contributed by atoms with Gasteiger partial charge in [0.2, 0.25) is 15.9 Å². The molecule has 2 fully saturated rings. The molecule has 0 spiro atoms. The predicted octanol–water partition coefficient (Wildman–Crippen LogP) is 1.11. The van der Waals surface area contributed by atoms with E-state index in [1.165, 1.54) is 6.92 Å². The van der Waals surface area contributed by atoms with Crippen molar-refractivity contribution in [2.75, 3.05) is 31.5 Å². The Balaban J connectivity index is 1.76. The van der Waals surface area contributed by atoms with E-state index in [4.69, 9.17) is 0 Å². The van der Waals surface area contributed by atoms with Gasteiger partial charge in [0.25, 0.3) is 0 Å². The Bertz CT molecular complexity index is 657. The van der Waals surface area contributed by atoms with Crippen molar-refractivity contribution in [2.24, 2.45) is 0 Å². The summed E-state index contributed by atoms with van der Waals surface area (Å²) in [6, 6.07) is 6.73. The number of nitrogens with zero attached hydrogens (tertiary/aromatic N) is 2. The number of piperazine rings is 1. The lowest BCUT2D eigenvalue weighted by molar-refractivity contribution is -0.114. The average Bonchev–Trinajstić information content (AvgIpc) is 2.94. The van der Waals surface area contributed by atoms with Gasteiger partial charge in [-0.05, 0) is 43.7 Å². The van der Waals surface area contributed by atoms with E-state index in [1.807, 2.05) is 0 Å². The predicted molar refractivity (Wildman–Crippen MR) is 84.1 cm³/mol. The molecule has 1 amide bonds. The number of hydrogen-bond donors (Lipinski definition) is 1. The standard InChI is InChI=1S/C15H21N3O3S/c1-12(19)16-13-4-6-15(7-5-13)22(20,21)18-10-9-17-8-2-3-14(17)11-18/h4-7,14H,2-3,8-11H2,1H3,(H,16,19)/t14-/m1/s1. The van der Waals surface area contributed by atoms with Crippen LogP contribution in [0.1, 0.15) is 19.8 Å². The van der Waals surface area contributed by atoms with Gasteiger partial charge < -0.3 is 5.32 Å². The summed E-state index contributed by atoms with van der Waals surface area (Å²) in [6.45, 7) is 4.45. The SMILES string of the molecule is CC(=O)Nc1ccc(S(=O)(=O)N2CCN3CCC[C@@H]3C2)cc1. The molecule has 1 aromatic carbocycles. The number of fused-ring (bicyclic) bond motifs is 1. The molecule has 1 atom stereocenters. The van der Waals surface area contributed by atoms with Crippen LogP contribution in [0.15, 0.2) is 29.2 Å². The van der Waals surface area contributed by atoms with Crippen LogP contribution in [0.4, 0.5) is 5.69 Å². The molecule has 22 heavy (non-hydrogen) atoms. The second-order valence-electron chi connectivity index (χ2n) is 5.90. The second-order valence-corrected chi connectivity index (χ2v) is 7.84. The lowest BCUT2D eigenvalue weighted by Crippen LogP contribution is -2.51. The highest BCUT2D eigenvalue weighted by Crippen LogP contribution is 2.26. The Morgan fingerprint density at radius 1 is 1.18 bits per heavy atom. The summed E-state index contributed by atoms with van der Waals surface area (Å²) in [4.78, 5) is 13.7. The Labute approximate surface area is 131 Å². The van der Waals surface area contributed by atoms with E-state index in [1.54, 1.807) is 28.6 Å². The molecule has 6 nitrogen and oxygen atoms in total. The van der Waals surface area contributed by atoms with E-state index in [0.29, 0.717) is 24.8 Å². The number of amides is 1. The molecule has 1 N–H and O–H groups in total. The van der Waals surface area contributed by atoms with E-state index in [-0.39, 0.29) is 10.8 Å². The van der Waals surface area contributed by atoms with Crippen LogP contribution in [0, 0.1) is 0 Å². The zero-order chi connectivity index (χ0) is 15.7. The lowest BCUT2D eigenvalue weighted by atomic mass is 10.2. The van der Waals surface area contributed by atoms with Gasteiger partial charge >= 0.3 is 0 Å². The molecule has 2 aliphatic rings. The smallest absolute Gasteiger partial charge is 0.243 e. The maximum Gasteiger partial charge on any atom is 0.243 e. The Kier molecular flexibility index (Phi) is 4.20. The van der Waals surface area contributed by atoms with Crippen molar-refractivity contribution in [2.45, 2.75) is 30.7 Å². The van der Waals surface area contributed by atoms with Crippen molar-refractivity contribution in [1.82, 2.24) is 9.21 Å². The summed E-state index contributed by atoms with van der Waals surface area (Å²) < 4.78 is 27.0. The van der Waals surface area contributed by atoms with Crippen LogP contribution < -0.4 is 5.32 Å². The van der Waals surface area contributed by atoms with Crippen LogP contribution in [0.2, 0.25) is 0 Å². The molecule has 3 rings (SSSR count). The summed E-state index contributed by atoms with van der Waals surface area (Å²) in [5.74, 6) is -0.173. The van der Waals surface area contributed by atoms with Gasteiger partial charge in [-0.2, -0.15) is 4.31 Å². The highest BCUT2D eigenvalue weighted by Gasteiger charge is 2.36. The first-order valence-electron chi connectivity index (χ1n) is 7.59. The van der Waals surface area contributed by atoms with Crippen LogP contribution in [0.3, 0.4) is 0 Å². The van der Waals surface area contributed by atoms with Crippen LogP contribution in [0.5, 0.6) is 0 Å². The third kappa shape index (κ3) is 3.02. The van der Waals surface area contributed by atoms with Gasteiger partial charge in [0, 0.05) is 38.3 Å². The molecule has 0 saturated carbocycles. The minimum atomic E-state index is -3.45. The lowest BCUT2D eigenvalue weighted by Gasteiger charge is -2.36. The van der Waals surface area contributed by atoms with Crippen molar-refractivity contribution in [3.63, 3.8) is 0 Å². The van der Waals surface area contributed by atoms with Crippen LogP contribution in [-0.2, 0) is 14.8 Å². The topological polar surface area (TPSA) is 69.7 Å². The van der Waals surface area contributed by atoms with E-state index in [9.17, 15) is 13.2 Å². The summed E-state index contributed by atoms with van der Waals surface area (Å²) in [5, 5.41) is 2.64. The summed E-state index contributed by atoms with van der Waals surface area (Å²) in [7, 11) is -3.45. The van der Waals surface area contributed by atoms with Crippen molar-refractivity contribution < 1.29 is 13.2 Å². The summed E-state index contributed by atoms with van der Waals surface area (Å²) >= 11 is 0. The maximum absolute atomic E-state index is 12.7. The zero-order valence-corrected chi connectivity index (χ0v) is 13.5. The quantitative estimate of drug-likeness (QED) is 0.905. The third-order valence-electron chi connectivity index (χ3n) is 4.36. The highest BCUT2D eigenvalue weighted by molar-refractivity contribution is 7.89. The Hall–Kier alpha value is -1.44. The van der Waals surface area contributed by atoms with Crippen molar-refractivity contribution in [3.8, 4) is 0 Å². The molecule has 2 heterocycles. The van der Waals surface area contributed by atoms with Crippen LogP contribution in [-0.4, -0.2) is 55.8 Å². The van der Waals surface area contributed by atoms with Crippen LogP contribution in [0.25, 0.3) is 0 Å². The van der Waals surface area contributed by atoms with E-state index in [0.717, 1.165) is 25.9 Å². The highest BCUT2D eigenvalue weighted by atomic mass is 32.2. The maximum atomic E-state index is 12.7. The Morgan fingerprint density at radius 3 is 2.59 bits per heavy atom. The van der Waals surface area contributed by atoms with Gasteiger partial charge in [-0.3, -0.25) is 9.69 Å². The molecular weight excluding hydrogens is 302 g/mol. The molecular formula is C15H21N3O3S. The molecule has 0 bridgehead atoms. The Morgan fingerprint density at radius 2 is 1.91 bits per heavy atom. The number of hydrogen-bond acceptors (Lipinski definition) is 4. The number of carbonyl (C=O) groups is 1. The molecule has 2 aliphatic heterocycles. The van der Waals surface area contributed by atoms with Crippen molar-refractivity contribution in [1.29, 1.82) is 0 Å². The fourth-order valence-corrected chi connectivity index (χ4v) is 4.71. The number of benzene rings is 1. The van der Waals surface area contributed by atoms with Gasteiger partial charge in [-0.15, -0.1) is 0 Å². The fourth-order valence-electron chi connectivity index (χ4n) is 3.24. The number of nitrogens with one attached hydrogen (secondary N) is 1. The first kappa shape index (κ1) is 15.5. The van der Waals surface area contributed by atoms with Gasteiger partial charge in [-0.1, -0.05) is 0 Å². The monoisotopic (exact) mass is 323 g/mol. The number of sulfonamides is 1. The molecule has 0 aromatic heterocycles. The van der Waals surface area contributed by atoms with Gasteiger partial charge in [0.1, 0.15) is 0 Å². The van der Waals surface area contributed by atoms with Gasteiger partial charge in [-0.25, -0.2) is 8.42 Å². The average molecular weight is 323 g/mol. The van der Waals surface area contributed by atoms with Gasteiger partial charge in [0.05, 0.1) is 4.90 Å². The number of rotatable bonds is 3. The molecule has 1 aromatic rings. The summed E-state index contributed by atoms with van der Waals surface area (Å²) in [5.41, 5.74) is 0.604. The normalized spacial score (nSPS) is 23.2. The third-order valence-corrected chi connectivity index (χ3v) is 6.24. The number of carbonyl (C=O) groups excluding carboxylic acids is 1. The van der Waals surface area contributed by atoms with E-state index >= 15 is 0 Å². The van der Waals surface area contributed by atoms with E-state index < -0.39 is 10.0 Å². The fraction of sp³-hybridized carbons (Fsp3) is 0.533. The molecule has 7 heteroatoms. The first-order valence-corrected chi connectivity index (χ1v) is 9.03. The zero-order valence-electron chi connectivity index (χ0n) is 12.7. The van der Waals surface area contributed by atoms with Crippen molar-refractivity contribution >= 4 is 21.6 Å². The van der Waals surface area contributed by atoms with E-state index in [2.05, 4.69) is 10.2 Å². The largest absolute Gasteiger partial charge is 0.326 e. The first-order chi connectivity index (χ1) is 10.5. The molecule has 2 saturated heterocycles. The van der Waals surface area contributed by atoms with Crippen molar-refractivity contribution in [3.05, 3.63) is 24.3 Å². The molecule has 120 valence electrons. The second kappa shape index (κ2) is 5.98. The molecule has 0 aliphatic carbocycles. The number of anilines is 1. The minimum Gasteiger partial charge on any atom is -0.326 e.